The zero-order valence-corrected chi connectivity index (χ0v) is 13.3. The average Bonchev–Trinajstić information content (AvgIpc) is 2.86. The topological polar surface area (TPSA) is 66.0 Å². The van der Waals surface area contributed by atoms with E-state index in [1.54, 1.807) is 0 Å². The van der Waals surface area contributed by atoms with Crippen LogP contribution < -0.4 is 10.5 Å². The lowest BCUT2D eigenvalue weighted by Gasteiger charge is -2.15. The number of halogens is 1. The van der Waals surface area contributed by atoms with Crippen LogP contribution >= 0.6 is 11.6 Å². The number of nitrogens with two attached hydrogens (primary N) is 1. The minimum absolute atomic E-state index is 0.0464. The van der Waals surface area contributed by atoms with Gasteiger partial charge in [-0.25, -0.2) is 9.67 Å². The van der Waals surface area contributed by atoms with E-state index in [-0.39, 0.29) is 12.1 Å². The molecule has 0 spiro atoms. The Labute approximate surface area is 130 Å². The molecular formula is C15H21ClN4O. The second kappa shape index (κ2) is 6.91. The van der Waals surface area contributed by atoms with E-state index in [2.05, 4.69) is 23.9 Å². The van der Waals surface area contributed by atoms with E-state index in [0.29, 0.717) is 23.8 Å². The van der Waals surface area contributed by atoms with Crippen molar-refractivity contribution in [2.75, 3.05) is 0 Å². The van der Waals surface area contributed by atoms with Crippen LogP contribution in [0.25, 0.3) is 0 Å². The van der Waals surface area contributed by atoms with Crippen LogP contribution in [0.4, 0.5) is 0 Å². The summed E-state index contributed by atoms with van der Waals surface area (Å²) in [7, 11) is 0. The van der Waals surface area contributed by atoms with Gasteiger partial charge in [-0.15, -0.1) is 0 Å². The third kappa shape index (κ3) is 3.95. The van der Waals surface area contributed by atoms with Gasteiger partial charge in [0.1, 0.15) is 18.7 Å². The van der Waals surface area contributed by atoms with Crippen LogP contribution in [0.15, 0.2) is 24.5 Å². The van der Waals surface area contributed by atoms with Gasteiger partial charge in [0.15, 0.2) is 5.82 Å². The smallest absolute Gasteiger partial charge is 0.165 e. The maximum atomic E-state index is 6.25. The molecule has 1 heterocycles. The zero-order chi connectivity index (χ0) is 15.4. The molecule has 21 heavy (non-hydrogen) atoms. The standard InChI is InChI=1S/C15H21ClN4O/c1-10(2)20-14(18-9-19-20)8-21-15-12(7-11(3)17)5-4-6-13(15)16/h4-6,9-11H,7-8,17H2,1-3H3. The van der Waals surface area contributed by atoms with E-state index in [1.165, 1.54) is 6.33 Å². The van der Waals surface area contributed by atoms with E-state index in [4.69, 9.17) is 22.1 Å². The van der Waals surface area contributed by atoms with E-state index >= 15 is 0 Å². The first kappa shape index (κ1) is 15.8. The van der Waals surface area contributed by atoms with E-state index < -0.39 is 0 Å². The van der Waals surface area contributed by atoms with Gasteiger partial charge in [0.25, 0.3) is 0 Å². The Morgan fingerprint density at radius 3 is 2.76 bits per heavy atom. The van der Waals surface area contributed by atoms with Crippen LogP contribution in [0.2, 0.25) is 5.02 Å². The first-order valence-electron chi connectivity index (χ1n) is 7.03. The van der Waals surface area contributed by atoms with Crippen molar-refractivity contribution in [3.63, 3.8) is 0 Å². The fourth-order valence-electron chi connectivity index (χ4n) is 2.17. The van der Waals surface area contributed by atoms with Crippen LogP contribution in [-0.4, -0.2) is 20.8 Å². The van der Waals surface area contributed by atoms with Gasteiger partial charge < -0.3 is 10.5 Å². The molecule has 5 nitrogen and oxygen atoms in total. The predicted molar refractivity (Wildman–Crippen MR) is 83.5 cm³/mol. The van der Waals surface area contributed by atoms with Crippen molar-refractivity contribution in [3.8, 4) is 5.75 Å². The van der Waals surface area contributed by atoms with E-state index in [1.807, 2.05) is 29.8 Å². The number of rotatable bonds is 6. The normalized spacial score (nSPS) is 12.7. The quantitative estimate of drug-likeness (QED) is 0.891. The largest absolute Gasteiger partial charge is 0.484 e. The van der Waals surface area contributed by atoms with Gasteiger partial charge in [0, 0.05) is 12.1 Å². The van der Waals surface area contributed by atoms with Crippen molar-refractivity contribution in [2.45, 2.75) is 45.9 Å². The van der Waals surface area contributed by atoms with Gasteiger partial charge in [0.05, 0.1) is 5.02 Å². The molecule has 2 aromatic rings. The molecule has 1 atom stereocenters. The molecule has 0 saturated heterocycles. The molecule has 0 aliphatic carbocycles. The maximum Gasteiger partial charge on any atom is 0.165 e. The molecule has 0 aliphatic heterocycles. The molecule has 0 radical (unpaired) electrons. The van der Waals surface area contributed by atoms with Crippen molar-refractivity contribution < 1.29 is 4.74 Å². The average molecular weight is 309 g/mol. The molecular weight excluding hydrogens is 288 g/mol. The molecule has 6 heteroatoms. The van der Waals surface area contributed by atoms with Gasteiger partial charge in [-0.05, 0) is 38.8 Å². The number of para-hydroxylation sites is 1. The van der Waals surface area contributed by atoms with Crippen LogP contribution in [-0.2, 0) is 13.0 Å². The van der Waals surface area contributed by atoms with Gasteiger partial charge >= 0.3 is 0 Å². The molecule has 0 aliphatic rings. The maximum absolute atomic E-state index is 6.25. The molecule has 1 aromatic heterocycles. The molecule has 1 unspecified atom stereocenters. The predicted octanol–water partition coefficient (Wildman–Crippen LogP) is 2.98. The highest BCUT2D eigenvalue weighted by Crippen LogP contribution is 2.30. The number of ether oxygens (including phenoxy) is 1. The molecule has 0 amide bonds. The minimum Gasteiger partial charge on any atom is -0.484 e. The van der Waals surface area contributed by atoms with Crippen LogP contribution in [0.5, 0.6) is 5.75 Å². The second-order valence-electron chi connectivity index (χ2n) is 5.41. The third-order valence-electron chi connectivity index (χ3n) is 3.07. The Morgan fingerprint density at radius 2 is 2.10 bits per heavy atom. The highest BCUT2D eigenvalue weighted by Gasteiger charge is 2.13. The lowest BCUT2D eigenvalue weighted by atomic mass is 10.1. The first-order valence-corrected chi connectivity index (χ1v) is 7.41. The zero-order valence-electron chi connectivity index (χ0n) is 12.6. The lowest BCUT2D eigenvalue weighted by Crippen LogP contribution is -2.18. The Bertz CT molecular complexity index is 595. The SMILES string of the molecule is CC(N)Cc1cccc(Cl)c1OCc1ncnn1C(C)C. The molecule has 2 N–H and O–H groups in total. The first-order chi connectivity index (χ1) is 9.99. The fraction of sp³-hybridized carbons (Fsp3) is 0.467. The second-order valence-corrected chi connectivity index (χ2v) is 5.82. The Balaban J connectivity index is 2.17. The summed E-state index contributed by atoms with van der Waals surface area (Å²) in [4.78, 5) is 4.23. The minimum atomic E-state index is 0.0464. The Morgan fingerprint density at radius 1 is 1.33 bits per heavy atom. The summed E-state index contributed by atoms with van der Waals surface area (Å²) in [5.74, 6) is 1.45. The van der Waals surface area contributed by atoms with Crippen molar-refractivity contribution in [1.82, 2.24) is 14.8 Å². The number of benzene rings is 1. The van der Waals surface area contributed by atoms with E-state index in [0.717, 1.165) is 11.4 Å². The Hall–Kier alpha value is -1.59. The monoisotopic (exact) mass is 308 g/mol. The molecule has 2 rings (SSSR count). The highest BCUT2D eigenvalue weighted by atomic mass is 35.5. The Kier molecular flexibility index (Phi) is 5.20. The van der Waals surface area contributed by atoms with Gasteiger partial charge in [0.2, 0.25) is 0 Å². The lowest BCUT2D eigenvalue weighted by molar-refractivity contribution is 0.279. The number of hydrogen-bond donors (Lipinski definition) is 1. The number of nitrogens with zero attached hydrogens (tertiary/aromatic N) is 3. The van der Waals surface area contributed by atoms with Crippen molar-refractivity contribution >= 4 is 11.6 Å². The summed E-state index contributed by atoms with van der Waals surface area (Å²) in [6.07, 6.45) is 2.25. The van der Waals surface area contributed by atoms with E-state index in [9.17, 15) is 0 Å². The van der Waals surface area contributed by atoms with Crippen molar-refractivity contribution in [2.24, 2.45) is 5.73 Å². The van der Waals surface area contributed by atoms with Gasteiger partial charge in [-0.1, -0.05) is 23.7 Å². The molecule has 114 valence electrons. The van der Waals surface area contributed by atoms with Crippen LogP contribution in [0.3, 0.4) is 0 Å². The number of aromatic nitrogens is 3. The summed E-state index contributed by atoms with van der Waals surface area (Å²) in [5.41, 5.74) is 6.88. The van der Waals surface area contributed by atoms with Gasteiger partial charge in [-0.2, -0.15) is 5.10 Å². The summed E-state index contributed by atoms with van der Waals surface area (Å²) >= 11 is 6.25. The number of hydrogen-bond acceptors (Lipinski definition) is 4. The highest BCUT2D eigenvalue weighted by molar-refractivity contribution is 6.32. The van der Waals surface area contributed by atoms with Crippen LogP contribution in [0, 0.1) is 0 Å². The van der Waals surface area contributed by atoms with Crippen LogP contribution in [0.1, 0.15) is 38.2 Å². The summed E-state index contributed by atoms with van der Waals surface area (Å²) in [6, 6.07) is 5.99. The summed E-state index contributed by atoms with van der Waals surface area (Å²) in [5, 5.41) is 4.78. The summed E-state index contributed by atoms with van der Waals surface area (Å²) in [6.45, 7) is 6.39. The third-order valence-corrected chi connectivity index (χ3v) is 3.37. The molecule has 0 fully saturated rings. The van der Waals surface area contributed by atoms with Gasteiger partial charge in [-0.3, -0.25) is 0 Å². The summed E-state index contributed by atoms with van der Waals surface area (Å²) < 4.78 is 7.73. The van der Waals surface area contributed by atoms with Crippen molar-refractivity contribution in [3.05, 3.63) is 40.9 Å². The molecule has 0 saturated carbocycles. The molecule has 1 aromatic carbocycles. The van der Waals surface area contributed by atoms with Crippen molar-refractivity contribution in [1.29, 1.82) is 0 Å². The fourth-order valence-corrected chi connectivity index (χ4v) is 2.42. The molecule has 0 bridgehead atoms.